The zero-order chi connectivity index (χ0) is 13.8. The van der Waals surface area contributed by atoms with Crippen molar-refractivity contribution < 1.29 is 13.2 Å². The molecule has 0 unspecified atom stereocenters. The normalized spacial score (nSPS) is 15.9. The van der Waals surface area contributed by atoms with E-state index < -0.39 is 23.0 Å². The highest BCUT2D eigenvalue weighted by atomic mass is 19.4. The first kappa shape index (κ1) is 12.0. The van der Waals surface area contributed by atoms with Crippen LogP contribution < -0.4 is 11.2 Å². The van der Waals surface area contributed by atoms with Crippen molar-refractivity contribution >= 4 is 10.9 Å². The second-order valence-electron chi connectivity index (χ2n) is 4.59. The molecule has 0 aliphatic heterocycles. The zero-order valence-corrected chi connectivity index (χ0v) is 9.62. The minimum Gasteiger partial charge on any atom is -0.307 e. The number of aromatic nitrogens is 2. The predicted molar refractivity (Wildman–Crippen MR) is 62.1 cm³/mol. The Labute approximate surface area is 104 Å². The fraction of sp³-hybridized carbons (Fsp3) is 0.333. The van der Waals surface area contributed by atoms with Crippen LogP contribution in [0.15, 0.2) is 27.8 Å². The first-order valence-corrected chi connectivity index (χ1v) is 5.74. The van der Waals surface area contributed by atoms with Crippen LogP contribution >= 0.6 is 0 Å². The second kappa shape index (κ2) is 3.72. The topological polar surface area (TPSA) is 54.9 Å². The fourth-order valence-corrected chi connectivity index (χ4v) is 2.07. The van der Waals surface area contributed by atoms with Crippen molar-refractivity contribution in [3.8, 4) is 0 Å². The molecule has 4 nitrogen and oxygen atoms in total. The molecule has 1 heterocycles. The molecule has 0 amide bonds. The molecule has 1 saturated carbocycles. The Bertz CT molecular complexity index is 769. The van der Waals surface area contributed by atoms with E-state index in [4.69, 9.17) is 0 Å². The van der Waals surface area contributed by atoms with E-state index in [0.29, 0.717) is 12.8 Å². The fourth-order valence-electron chi connectivity index (χ4n) is 2.07. The Hall–Kier alpha value is -2.05. The van der Waals surface area contributed by atoms with Gasteiger partial charge in [-0.05, 0) is 31.0 Å². The highest BCUT2D eigenvalue weighted by Gasteiger charge is 2.32. The summed E-state index contributed by atoms with van der Waals surface area (Å²) in [5.41, 5.74) is -2.00. The first-order chi connectivity index (χ1) is 8.88. The maximum atomic E-state index is 12.6. The number of H-pyrrole nitrogens is 1. The molecule has 1 aliphatic carbocycles. The van der Waals surface area contributed by atoms with E-state index >= 15 is 0 Å². The minimum atomic E-state index is -4.51. The maximum absolute atomic E-state index is 12.6. The predicted octanol–water partition coefficient (Wildman–Crippen LogP) is 2.04. The number of nitrogens with zero attached hydrogens (tertiary/aromatic N) is 1. The highest BCUT2D eigenvalue weighted by molar-refractivity contribution is 5.78. The summed E-state index contributed by atoms with van der Waals surface area (Å²) in [4.78, 5) is 26.2. The van der Waals surface area contributed by atoms with Gasteiger partial charge in [0.15, 0.2) is 0 Å². The van der Waals surface area contributed by atoms with Crippen LogP contribution in [0.3, 0.4) is 0 Å². The quantitative estimate of drug-likeness (QED) is 0.862. The van der Waals surface area contributed by atoms with Crippen LogP contribution in [0.25, 0.3) is 10.9 Å². The summed E-state index contributed by atoms with van der Waals surface area (Å²) < 4.78 is 38.9. The van der Waals surface area contributed by atoms with Crippen LogP contribution in [-0.4, -0.2) is 9.55 Å². The number of hydrogen-bond acceptors (Lipinski definition) is 2. The third-order valence-corrected chi connectivity index (χ3v) is 3.17. The summed E-state index contributed by atoms with van der Waals surface area (Å²) >= 11 is 0. The number of alkyl halides is 3. The standard InChI is InChI=1S/C12H9F3N2O2/c13-12(14,15)6-1-4-9-8(5-6)10(18)17(7-2-3-7)11(19)16-9/h1,4-5,7H,2-3H2,(H,16,19). The number of fused-ring (bicyclic) bond motifs is 1. The monoisotopic (exact) mass is 270 g/mol. The van der Waals surface area contributed by atoms with Crippen molar-refractivity contribution in [2.24, 2.45) is 0 Å². The number of halogens is 3. The van der Waals surface area contributed by atoms with Crippen molar-refractivity contribution in [2.45, 2.75) is 25.1 Å². The van der Waals surface area contributed by atoms with Crippen molar-refractivity contribution in [1.82, 2.24) is 9.55 Å². The van der Waals surface area contributed by atoms with Crippen LogP contribution in [0.5, 0.6) is 0 Å². The van der Waals surface area contributed by atoms with Crippen LogP contribution in [0.4, 0.5) is 13.2 Å². The van der Waals surface area contributed by atoms with Crippen molar-refractivity contribution in [3.05, 3.63) is 44.6 Å². The Kier molecular flexibility index (Phi) is 2.35. The molecule has 3 rings (SSSR count). The molecule has 1 aromatic heterocycles. The highest BCUT2D eigenvalue weighted by Crippen LogP contribution is 2.33. The molecule has 7 heteroatoms. The average Bonchev–Trinajstić information content (AvgIpc) is 3.11. The van der Waals surface area contributed by atoms with E-state index in [1.54, 1.807) is 0 Å². The van der Waals surface area contributed by atoms with E-state index in [1.807, 2.05) is 0 Å². The third kappa shape index (κ3) is 1.94. The largest absolute Gasteiger partial charge is 0.416 e. The van der Waals surface area contributed by atoms with E-state index in [1.165, 1.54) is 0 Å². The van der Waals surface area contributed by atoms with Crippen LogP contribution in [0.2, 0.25) is 0 Å². The van der Waals surface area contributed by atoms with Gasteiger partial charge in [-0.1, -0.05) is 0 Å². The van der Waals surface area contributed by atoms with E-state index in [-0.39, 0.29) is 16.9 Å². The van der Waals surface area contributed by atoms with Gasteiger partial charge >= 0.3 is 11.9 Å². The van der Waals surface area contributed by atoms with Gasteiger partial charge in [0.1, 0.15) is 0 Å². The Morgan fingerprint density at radius 2 is 1.89 bits per heavy atom. The van der Waals surface area contributed by atoms with E-state index in [0.717, 1.165) is 22.8 Å². The molecule has 0 saturated heterocycles. The lowest BCUT2D eigenvalue weighted by Crippen LogP contribution is -2.34. The molecule has 1 fully saturated rings. The zero-order valence-electron chi connectivity index (χ0n) is 9.62. The molecule has 0 bridgehead atoms. The number of hydrogen-bond donors (Lipinski definition) is 1. The Balaban J connectivity index is 2.33. The van der Waals surface area contributed by atoms with Gasteiger partial charge in [0.25, 0.3) is 5.56 Å². The molecule has 0 atom stereocenters. The summed E-state index contributed by atoms with van der Waals surface area (Å²) in [7, 11) is 0. The molecule has 1 aliphatic rings. The van der Waals surface area contributed by atoms with E-state index in [2.05, 4.69) is 4.98 Å². The lowest BCUT2D eigenvalue weighted by molar-refractivity contribution is -0.137. The van der Waals surface area contributed by atoms with E-state index in [9.17, 15) is 22.8 Å². The third-order valence-electron chi connectivity index (χ3n) is 3.17. The lowest BCUT2D eigenvalue weighted by atomic mass is 10.1. The molecule has 100 valence electrons. The summed E-state index contributed by atoms with van der Waals surface area (Å²) in [6, 6.07) is 2.55. The van der Waals surface area contributed by atoms with Crippen molar-refractivity contribution in [2.75, 3.05) is 0 Å². The van der Waals surface area contributed by atoms with Crippen LogP contribution in [-0.2, 0) is 6.18 Å². The van der Waals surface area contributed by atoms with Crippen molar-refractivity contribution in [3.63, 3.8) is 0 Å². The molecule has 0 radical (unpaired) electrons. The Morgan fingerprint density at radius 1 is 1.21 bits per heavy atom. The molecule has 1 N–H and O–H groups in total. The van der Waals surface area contributed by atoms with Crippen molar-refractivity contribution in [1.29, 1.82) is 0 Å². The summed E-state index contributed by atoms with van der Waals surface area (Å²) in [6.07, 6.45) is -3.11. The molecule has 19 heavy (non-hydrogen) atoms. The molecule has 0 spiro atoms. The minimum absolute atomic E-state index is 0.110. The summed E-state index contributed by atoms with van der Waals surface area (Å²) in [5, 5.41) is -0.110. The number of rotatable bonds is 1. The first-order valence-electron chi connectivity index (χ1n) is 5.74. The van der Waals surface area contributed by atoms with Crippen LogP contribution in [0, 0.1) is 0 Å². The van der Waals surface area contributed by atoms with Gasteiger partial charge in [-0.25, -0.2) is 4.79 Å². The molecule has 2 aromatic rings. The van der Waals surface area contributed by atoms with Crippen LogP contribution in [0.1, 0.15) is 24.4 Å². The SMILES string of the molecule is O=c1[nH]c2ccc(C(F)(F)F)cc2c(=O)n1C1CC1. The summed E-state index contributed by atoms with van der Waals surface area (Å²) in [6.45, 7) is 0. The molecule has 1 aromatic carbocycles. The smallest absolute Gasteiger partial charge is 0.307 e. The van der Waals surface area contributed by atoms with Gasteiger partial charge in [-0.15, -0.1) is 0 Å². The number of aromatic amines is 1. The van der Waals surface area contributed by atoms with Gasteiger partial charge < -0.3 is 4.98 Å². The molecular formula is C12H9F3N2O2. The maximum Gasteiger partial charge on any atom is 0.416 e. The van der Waals surface area contributed by atoms with Gasteiger partial charge in [0.2, 0.25) is 0 Å². The number of benzene rings is 1. The number of nitrogens with one attached hydrogen (secondary N) is 1. The van der Waals surface area contributed by atoms with Gasteiger partial charge in [-0.2, -0.15) is 13.2 Å². The molecular weight excluding hydrogens is 261 g/mol. The summed E-state index contributed by atoms with van der Waals surface area (Å²) in [5.74, 6) is 0. The van der Waals surface area contributed by atoms with Gasteiger partial charge in [0.05, 0.1) is 16.5 Å². The average molecular weight is 270 g/mol. The van der Waals surface area contributed by atoms with Gasteiger partial charge in [-0.3, -0.25) is 9.36 Å². The second-order valence-corrected chi connectivity index (χ2v) is 4.59. The Morgan fingerprint density at radius 3 is 2.47 bits per heavy atom. The lowest BCUT2D eigenvalue weighted by Gasteiger charge is -2.09. The van der Waals surface area contributed by atoms with Gasteiger partial charge in [0, 0.05) is 6.04 Å².